The Morgan fingerprint density at radius 3 is 1.40 bits per heavy atom. The van der Waals surface area contributed by atoms with Gasteiger partial charge in [0.1, 0.15) is 11.8 Å². The zero-order chi connectivity index (χ0) is 46.2. The van der Waals surface area contributed by atoms with E-state index in [2.05, 4.69) is 40.9 Å². The highest BCUT2D eigenvalue weighted by Crippen LogP contribution is 2.62. The first kappa shape index (κ1) is 50.8. The Balaban J connectivity index is 1.57. The number of carbonyl (C=O) groups is 6. The summed E-state index contributed by atoms with van der Waals surface area (Å²) in [6, 6.07) is 0. The van der Waals surface area contributed by atoms with Crippen molar-refractivity contribution < 1.29 is 71.8 Å². The number of hydrogen-bond donors (Lipinski definition) is 1. The van der Waals surface area contributed by atoms with E-state index in [1.807, 2.05) is 0 Å². The van der Waals surface area contributed by atoms with E-state index < -0.39 is 83.5 Å². The van der Waals surface area contributed by atoms with Gasteiger partial charge in [0, 0.05) is 23.9 Å². The van der Waals surface area contributed by atoms with E-state index in [0.717, 1.165) is 69.6 Å². The molecule has 0 saturated heterocycles. The summed E-state index contributed by atoms with van der Waals surface area (Å²) in [5, 5.41) is 10.5. The van der Waals surface area contributed by atoms with E-state index in [1.54, 1.807) is 0 Å². The summed E-state index contributed by atoms with van der Waals surface area (Å²) < 4.78 is 43.6. The Morgan fingerprint density at radius 2 is 1.00 bits per heavy atom. The summed E-state index contributed by atoms with van der Waals surface area (Å²) in [4.78, 5) is 78.9. The summed E-state index contributed by atoms with van der Waals surface area (Å²) in [7, 11) is 5.90. The maximum Gasteiger partial charge on any atom is 0.335 e. The predicted octanol–water partition coefficient (Wildman–Crippen LogP) is 5.73. The molecule has 4 aliphatic rings. The molecule has 0 bridgehead atoms. The quantitative estimate of drug-likeness (QED) is 0.0938. The average molecular weight is 877 g/mol. The molecule has 0 aromatic carbocycles. The van der Waals surface area contributed by atoms with Crippen molar-refractivity contribution >= 4 is 35.8 Å². The van der Waals surface area contributed by atoms with Gasteiger partial charge in [0.2, 0.25) is 0 Å². The third-order valence-corrected chi connectivity index (χ3v) is 15.7. The van der Waals surface area contributed by atoms with Crippen LogP contribution in [0.1, 0.15) is 105 Å². The van der Waals surface area contributed by atoms with Gasteiger partial charge in [-0.2, -0.15) is 0 Å². The lowest BCUT2D eigenvalue weighted by Crippen LogP contribution is -2.54. The third kappa shape index (κ3) is 10.6. The van der Waals surface area contributed by atoms with Crippen molar-refractivity contribution in [3.8, 4) is 0 Å². The van der Waals surface area contributed by atoms with Crippen molar-refractivity contribution in [2.24, 2.45) is 57.2 Å². The van der Waals surface area contributed by atoms with Crippen LogP contribution in [0, 0.1) is 57.2 Å². The molecule has 4 saturated carbocycles. The molecule has 12 atom stereocenters. The van der Waals surface area contributed by atoms with E-state index in [4.69, 9.17) is 37.9 Å². The summed E-state index contributed by atoms with van der Waals surface area (Å²) in [5.41, 5.74) is 0.334. The van der Waals surface area contributed by atoms with Crippen LogP contribution in [-0.4, -0.2) is 115 Å². The van der Waals surface area contributed by atoms with Crippen molar-refractivity contribution in [2.75, 3.05) is 62.0 Å². The highest BCUT2D eigenvalue weighted by Gasteiger charge is 2.57. The molecule has 4 fully saturated rings. The molecule has 350 valence electrons. The fraction of sp³-hybridized carbons (Fsp3) is 0.787. The number of methoxy groups -OCH3 is 5. The predicted molar refractivity (Wildman–Crippen MR) is 225 cm³/mol. The molecule has 0 aromatic heterocycles. The van der Waals surface area contributed by atoms with Crippen molar-refractivity contribution in [1.29, 1.82) is 0 Å². The topological polar surface area (TPSA) is 196 Å². The number of ether oxygens (including phenoxy) is 8. The Labute approximate surface area is 367 Å². The Hall–Kier alpha value is -3.82. The summed E-state index contributed by atoms with van der Waals surface area (Å²) in [6.07, 6.45) is 4.08. The first-order valence-corrected chi connectivity index (χ1v) is 22.0. The number of aliphatic hydroxyl groups is 1. The van der Waals surface area contributed by atoms with Crippen LogP contribution in [-0.2, 0) is 66.7 Å². The maximum atomic E-state index is 14.3. The molecule has 15 nitrogen and oxygen atoms in total. The van der Waals surface area contributed by atoms with Gasteiger partial charge in [-0.25, -0.2) is 9.59 Å². The van der Waals surface area contributed by atoms with Crippen LogP contribution in [0.15, 0.2) is 24.3 Å². The molecular weight excluding hydrogens is 805 g/mol. The molecule has 0 heterocycles. The zero-order valence-corrected chi connectivity index (χ0v) is 38.5. The van der Waals surface area contributed by atoms with Crippen LogP contribution < -0.4 is 0 Å². The third-order valence-electron chi connectivity index (χ3n) is 15.7. The largest absolute Gasteiger partial charge is 0.469 e. The lowest BCUT2D eigenvalue weighted by atomic mass is 9.47. The van der Waals surface area contributed by atoms with E-state index in [0.29, 0.717) is 12.8 Å². The minimum atomic E-state index is -1.48. The number of carbonyl (C=O) groups excluding carboxylic acids is 6. The van der Waals surface area contributed by atoms with Crippen molar-refractivity contribution in [1.82, 2.24) is 0 Å². The van der Waals surface area contributed by atoms with Crippen molar-refractivity contribution in [2.45, 2.75) is 117 Å². The van der Waals surface area contributed by atoms with Crippen LogP contribution in [0.4, 0.5) is 0 Å². The summed E-state index contributed by atoms with van der Waals surface area (Å²) in [6.45, 7) is 17.4. The molecule has 1 N–H and O–H groups in total. The van der Waals surface area contributed by atoms with E-state index in [9.17, 15) is 33.9 Å². The maximum absolute atomic E-state index is 14.3. The standard InChI is InChI=1S/C47H72O15/c1-28-14-16-34-44(3,26-48)18-12-20-46(34,5)32(28)24-61-39(43(54)59-11)31(23-37(50)56-8)41(52)62-27-45(4)19-13-21-47(6)33(29(2)15-17-35(45)47)25-60-38(42(53)58-10)30(40(51)57-9)22-36(49)55-7/h30-35,38-39,48H,1-2,12-27H2,3-11H3/t30-,31-,32-,33-,34-,35-,38+,39+,44-,45-,46+,47+/m0/s1. The van der Waals surface area contributed by atoms with Gasteiger partial charge >= 0.3 is 35.8 Å². The second kappa shape index (κ2) is 21.2. The SMILES string of the molecule is C=C1CC[C@H]2[C@](C)(COC(=O)[C@@H](CC(=O)OC)[C@@H](OC[C@H]3C(=C)CC[C@H]4[C@](C)(CO)CCC[C@]34C)C(=O)OC)CCC[C@]2(C)[C@H]1CO[C@@H](C(=O)OC)[C@H](CC(=O)OC)C(=O)OC. The molecule has 15 heteroatoms. The fourth-order valence-electron chi connectivity index (χ4n) is 12.1. The molecular formula is C47H72O15. The van der Waals surface area contributed by atoms with Gasteiger partial charge < -0.3 is 43.0 Å². The van der Waals surface area contributed by atoms with E-state index in [1.165, 1.54) is 28.4 Å². The van der Waals surface area contributed by atoms with E-state index in [-0.39, 0.29) is 60.9 Å². The first-order chi connectivity index (χ1) is 29.2. The van der Waals surface area contributed by atoms with Crippen LogP contribution in [0.3, 0.4) is 0 Å². The van der Waals surface area contributed by atoms with Gasteiger partial charge in [-0.1, -0.05) is 64.8 Å². The number of hydrogen-bond acceptors (Lipinski definition) is 15. The highest BCUT2D eigenvalue weighted by molar-refractivity contribution is 5.88. The molecule has 0 aromatic rings. The molecule has 0 aliphatic heterocycles. The number of esters is 6. The number of aliphatic hydroxyl groups excluding tert-OH is 1. The van der Waals surface area contributed by atoms with Crippen LogP contribution in [0.5, 0.6) is 0 Å². The Bertz CT molecular complexity index is 1680. The second-order valence-electron chi connectivity index (χ2n) is 19.2. The number of fused-ring (bicyclic) bond motifs is 2. The zero-order valence-electron chi connectivity index (χ0n) is 38.5. The van der Waals surface area contributed by atoms with Crippen LogP contribution >= 0.6 is 0 Å². The fourth-order valence-corrected chi connectivity index (χ4v) is 12.1. The molecule has 0 spiro atoms. The van der Waals surface area contributed by atoms with Gasteiger partial charge in [-0.05, 0) is 79.4 Å². The van der Waals surface area contributed by atoms with E-state index >= 15 is 0 Å². The molecule has 0 unspecified atom stereocenters. The van der Waals surface area contributed by atoms with Crippen LogP contribution in [0.25, 0.3) is 0 Å². The van der Waals surface area contributed by atoms with Crippen molar-refractivity contribution in [3.05, 3.63) is 24.3 Å². The molecule has 0 radical (unpaired) electrons. The Kier molecular flexibility index (Phi) is 17.4. The molecule has 0 amide bonds. The second-order valence-corrected chi connectivity index (χ2v) is 19.2. The lowest BCUT2D eigenvalue weighted by Gasteiger charge is -2.58. The van der Waals surface area contributed by atoms with Gasteiger partial charge in [0.15, 0.2) is 12.2 Å². The molecule has 4 aliphatic carbocycles. The van der Waals surface area contributed by atoms with Crippen molar-refractivity contribution in [3.63, 3.8) is 0 Å². The molecule has 62 heavy (non-hydrogen) atoms. The first-order valence-electron chi connectivity index (χ1n) is 22.0. The highest BCUT2D eigenvalue weighted by atomic mass is 16.6. The van der Waals surface area contributed by atoms with Gasteiger partial charge in [-0.3, -0.25) is 19.2 Å². The minimum absolute atomic E-state index is 0.0120. The summed E-state index contributed by atoms with van der Waals surface area (Å²) in [5.74, 6) is -7.72. The summed E-state index contributed by atoms with van der Waals surface area (Å²) >= 11 is 0. The lowest BCUT2D eigenvalue weighted by molar-refractivity contribution is -0.181. The average Bonchev–Trinajstić information content (AvgIpc) is 3.25. The normalized spacial score (nSPS) is 32.7. The molecule has 4 rings (SSSR count). The van der Waals surface area contributed by atoms with Gasteiger partial charge in [-0.15, -0.1) is 0 Å². The monoisotopic (exact) mass is 876 g/mol. The Morgan fingerprint density at radius 1 is 0.597 bits per heavy atom. The van der Waals surface area contributed by atoms with Gasteiger partial charge in [0.25, 0.3) is 0 Å². The smallest absolute Gasteiger partial charge is 0.335 e. The van der Waals surface area contributed by atoms with Crippen LogP contribution in [0.2, 0.25) is 0 Å². The minimum Gasteiger partial charge on any atom is -0.469 e. The number of rotatable bonds is 19. The van der Waals surface area contributed by atoms with Gasteiger partial charge in [0.05, 0.1) is 68.2 Å².